The lowest BCUT2D eigenvalue weighted by Gasteiger charge is -2.18. The second kappa shape index (κ2) is 50.0. The summed E-state index contributed by atoms with van der Waals surface area (Å²) in [5, 5.41) is 0. The van der Waals surface area contributed by atoms with Gasteiger partial charge in [-0.05, 0) is 38.5 Å². The van der Waals surface area contributed by atoms with Crippen LogP contribution in [0.1, 0.15) is 265 Å². The molecule has 0 aliphatic rings. The van der Waals surface area contributed by atoms with Crippen LogP contribution in [-0.4, -0.2) is 37.2 Å². The third kappa shape index (κ3) is 48.3. The zero-order valence-corrected chi connectivity index (χ0v) is 40.4. The SMILES string of the molecule is CC\C=C/C=C\C=C/C=C\CCCCCC(=O)OC(COC(=O)CCCCCCCCCCCCCCC)COC(=O)CCCCCCCCCCCCCCCCCCC. The Bertz CT molecular complexity index is 1070. The van der Waals surface area contributed by atoms with E-state index in [1.54, 1.807) is 0 Å². The van der Waals surface area contributed by atoms with Crippen LogP contribution in [-0.2, 0) is 28.6 Å². The van der Waals surface area contributed by atoms with Crippen LogP contribution < -0.4 is 0 Å². The molecule has 0 aromatic carbocycles. The topological polar surface area (TPSA) is 78.9 Å². The number of allylic oxidation sites excluding steroid dienone is 8. The summed E-state index contributed by atoms with van der Waals surface area (Å²) in [5.74, 6) is -0.914. The van der Waals surface area contributed by atoms with E-state index in [1.165, 1.54) is 154 Å². The fourth-order valence-electron chi connectivity index (χ4n) is 7.51. The van der Waals surface area contributed by atoms with E-state index in [4.69, 9.17) is 14.2 Å². The van der Waals surface area contributed by atoms with Crippen molar-refractivity contribution >= 4 is 17.9 Å². The normalized spacial score (nSPS) is 12.4. The van der Waals surface area contributed by atoms with E-state index < -0.39 is 6.10 Å². The van der Waals surface area contributed by atoms with Gasteiger partial charge in [0.2, 0.25) is 0 Å². The molecule has 61 heavy (non-hydrogen) atoms. The summed E-state index contributed by atoms with van der Waals surface area (Å²) in [6.07, 6.45) is 59.5. The molecule has 0 amide bonds. The minimum Gasteiger partial charge on any atom is -0.462 e. The van der Waals surface area contributed by atoms with E-state index >= 15 is 0 Å². The van der Waals surface area contributed by atoms with Gasteiger partial charge >= 0.3 is 17.9 Å². The van der Waals surface area contributed by atoms with Gasteiger partial charge in [-0.2, -0.15) is 0 Å². The first-order valence-corrected chi connectivity index (χ1v) is 26.2. The van der Waals surface area contributed by atoms with Crippen molar-refractivity contribution in [3.63, 3.8) is 0 Å². The highest BCUT2D eigenvalue weighted by atomic mass is 16.6. The maximum absolute atomic E-state index is 12.8. The Morgan fingerprint density at radius 3 is 1.00 bits per heavy atom. The van der Waals surface area contributed by atoms with Crippen LogP contribution in [0.15, 0.2) is 48.6 Å². The molecule has 0 spiro atoms. The molecule has 0 aliphatic heterocycles. The van der Waals surface area contributed by atoms with Gasteiger partial charge in [0.1, 0.15) is 13.2 Å². The van der Waals surface area contributed by atoms with E-state index in [2.05, 4.69) is 39.0 Å². The van der Waals surface area contributed by atoms with Crippen LogP contribution in [0.3, 0.4) is 0 Å². The number of hydrogen-bond donors (Lipinski definition) is 0. The molecule has 1 unspecified atom stereocenters. The molecule has 0 heterocycles. The Balaban J connectivity index is 4.37. The molecule has 0 rings (SSSR count). The predicted molar refractivity (Wildman–Crippen MR) is 261 cm³/mol. The third-order valence-corrected chi connectivity index (χ3v) is 11.4. The van der Waals surface area contributed by atoms with Crippen molar-refractivity contribution in [1.29, 1.82) is 0 Å². The lowest BCUT2D eigenvalue weighted by atomic mass is 10.0. The van der Waals surface area contributed by atoms with Crippen molar-refractivity contribution in [3.8, 4) is 0 Å². The van der Waals surface area contributed by atoms with Crippen molar-refractivity contribution in [2.75, 3.05) is 13.2 Å². The number of esters is 3. The average molecular weight is 855 g/mol. The standard InChI is InChI=1S/C55H98O6/c1-4-7-10-13-16-19-22-25-26-27-28-31-33-36-39-42-45-48-54(57)60-51-52(61-55(58)49-46-43-40-37-34-30-24-21-18-15-12-9-6-3)50-59-53(56)47-44-41-38-35-32-29-23-20-17-14-11-8-5-2/h9,12,15,18,21,24,30,34,52H,4-8,10-11,13-14,16-17,19-20,22-23,25-29,31-33,35-51H2,1-3H3/b12-9-,18-15-,24-21-,34-30-. The Morgan fingerprint density at radius 1 is 0.344 bits per heavy atom. The molecule has 0 fully saturated rings. The number of rotatable bonds is 47. The van der Waals surface area contributed by atoms with Crippen LogP contribution >= 0.6 is 0 Å². The zero-order valence-electron chi connectivity index (χ0n) is 40.4. The monoisotopic (exact) mass is 855 g/mol. The molecule has 0 saturated heterocycles. The molecule has 6 heteroatoms. The maximum atomic E-state index is 12.8. The van der Waals surface area contributed by atoms with Crippen LogP contribution in [0.25, 0.3) is 0 Å². The average Bonchev–Trinajstić information content (AvgIpc) is 3.26. The smallest absolute Gasteiger partial charge is 0.306 e. The summed E-state index contributed by atoms with van der Waals surface area (Å²) in [4.78, 5) is 37.9. The molecule has 6 nitrogen and oxygen atoms in total. The molecule has 354 valence electrons. The van der Waals surface area contributed by atoms with Crippen LogP contribution in [0.5, 0.6) is 0 Å². The van der Waals surface area contributed by atoms with Crippen molar-refractivity contribution in [3.05, 3.63) is 48.6 Å². The fraction of sp³-hybridized carbons (Fsp3) is 0.800. The van der Waals surface area contributed by atoms with E-state index in [-0.39, 0.29) is 37.5 Å². The maximum Gasteiger partial charge on any atom is 0.306 e. The second-order valence-electron chi connectivity index (χ2n) is 17.5. The predicted octanol–water partition coefficient (Wildman–Crippen LogP) is 17.1. The molecule has 0 aromatic heterocycles. The summed E-state index contributed by atoms with van der Waals surface area (Å²) in [7, 11) is 0. The molecule has 0 saturated carbocycles. The highest BCUT2D eigenvalue weighted by Gasteiger charge is 2.19. The Labute approximate surface area is 378 Å². The highest BCUT2D eigenvalue weighted by Crippen LogP contribution is 2.16. The van der Waals surface area contributed by atoms with Crippen molar-refractivity contribution in [2.24, 2.45) is 0 Å². The minimum atomic E-state index is -0.788. The lowest BCUT2D eigenvalue weighted by molar-refractivity contribution is -0.167. The molecule has 0 aliphatic carbocycles. The van der Waals surface area contributed by atoms with Gasteiger partial charge in [0.25, 0.3) is 0 Å². The molecule has 0 aromatic rings. The Hall–Kier alpha value is -2.63. The van der Waals surface area contributed by atoms with E-state index in [0.717, 1.165) is 70.6 Å². The summed E-state index contributed by atoms with van der Waals surface area (Å²) >= 11 is 0. The third-order valence-electron chi connectivity index (χ3n) is 11.4. The Kier molecular flexibility index (Phi) is 47.9. The summed E-state index contributed by atoms with van der Waals surface area (Å²) < 4.78 is 16.8. The molecular formula is C55H98O6. The van der Waals surface area contributed by atoms with Gasteiger partial charge in [-0.1, -0.05) is 256 Å². The number of ether oxygens (including phenoxy) is 3. The van der Waals surface area contributed by atoms with Crippen LogP contribution in [0.2, 0.25) is 0 Å². The van der Waals surface area contributed by atoms with Crippen molar-refractivity contribution in [2.45, 2.75) is 271 Å². The Morgan fingerprint density at radius 2 is 0.639 bits per heavy atom. The minimum absolute atomic E-state index is 0.0854. The van der Waals surface area contributed by atoms with Gasteiger partial charge in [-0.3, -0.25) is 14.4 Å². The van der Waals surface area contributed by atoms with Crippen molar-refractivity contribution < 1.29 is 28.6 Å². The highest BCUT2D eigenvalue weighted by molar-refractivity contribution is 5.71. The van der Waals surface area contributed by atoms with E-state index in [0.29, 0.717) is 12.8 Å². The van der Waals surface area contributed by atoms with Gasteiger partial charge < -0.3 is 14.2 Å². The van der Waals surface area contributed by atoms with Gasteiger partial charge in [-0.25, -0.2) is 0 Å². The number of hydrogen-bond acceptors (Lipinski definition) is 6. The summed E-state index contributed by atoms with van der Waals surface area (Å²) in [6.45, 7) is 6.49. The fourth-order valence-corrected chi connectivity index (χ4v) is 7.51. The van der Waals surface area contributed by atoms with Gasteiger partial charge in [0.15, 0.2) is 6.10 Å². The van der Waals surface area contributed by atoms with Gasteiger partial charge in [0.05, 0.1) is 0 Å². The lowest BCUT2D eigenvalue weighted by Crippen LogP contribution is -2.30. The number of carbonyl (C=O) groups is 3. The quantitative estimate of drug-likeness (QED) is 0.0263. The van der Waals surface area contributed by atoms with E-state index in [1.807, 2.05) is 30.4 Å². The van der Waals surface area contributed by atoms with Gasteiger partial charge in [0, 0.05) is 19.3 Å². The molecule has 0 N–H and O–H groups in total. The zero-order chi connectivity index (χ0) is 44.4. The number of carbonyl (C=O) groups excluding carboxylic acids is 3. The number of unbranched alkanes of at least 4 members (excludes halogenated alkanes) is 31. The summed E-state index contributed by atoms with van der Waals surface area (Å²) in [6, 6.07) is 0. The second-order valence-corrected chi connectivity index (χ2v) is 17.5. The largest absolute Gasteiger partial charge is 0.462 e. The summed E-state index contributed by atoms with van der Waals surface area (Å²) in [5.41, 5.74) is 0. The first-order valence-electron chi connectivity index (χ1n) is 26.2. The van der Waals surface area contributed by atoms with E-state index in [9.17, 15) is 14.4 Å². The molecule has 1 atom stereocenters. The molecule has 0 bridgehead atoms. The first-order chi connectivity index (χ1) is 30.0. The van der Waals surface area contributed by atoms with Crippen LogP contribution in [0.4, 0.5) is 0 Å². The molecular weight excluding hydrogens is 757 g/mol. The van der Waals surface area contributed by atoms with Crippen molar-refractivity contribution in [1.82, 2.24) is 0 Å². The molecule has 0 radical (unpaired) electrons. The van der Waals surface area contributed by atoms with Crippen LogP contribution in [0, 0.1) is 0 Å². The first kappa shape index (κ1) is 58.4. The van der Waals surface area contributed by atoms with Gasteiger partial charge in [-0.15, -0.1) is 0 Å².